The molecule has 0 aliphatic heterocycles. The molecule has 1 heterocycles. The van der Waals surface area contributed by atoms with Crippen LogP contribution in [0.25, 0.3) is 0 Å². The zero-order chi connectivity index (χ0) is 13.7. The van der Waals surface area contributed by atoms with Gasteiger partial charge in [0, 0.05) is 0 Å². The van der Waals surface area contributed by atoms with Crippen molar-refractivity contribution >= 4 is 23.5 Å². The van der Waals surface area contributed by atoms with Crippen molar-refractivity contribution < 1.29 is 19.1 Å². The number of pyridine rings is 1. The van der Waals surface area contributed by atoms with Gasteiger partial charge in [0.25, 0.3) is 5.91 Å². The van der Waals surface area contributed by atoms with Crippen molar-refractivity contribution in [1.29, 1.82) is 0 Å². The Morgan fingerprint density at radius 3 is 2.89 bits per heavy atom. The highest BCUT2D eigenvalue weighted by atomic mass is 35.5. The second kappa shape index (κ2) is 6.11. The SMILES string of the molecule is C=CCC(NC(=O)c1cc(F)cnc1Cl)C(=O)O. The molecule has 0 radical (unpaired) electrons. The number of nitrogens with one attached hydrogen (secondary N) is 1. The van der Waals surface area contributed by atoms with Crippen LogP contribution >= 0.6 is 11.6 Å². The first-order chi connectivity index (χ1) is 8.45. The number of nitrogens with zero attached hydrogens (tertiary/aromatic N) is 1. The third kappa shape index (κ3) is 3.53. The molecule has 1 unspecified atom stereocenters. The van der Waals surface area contributed by atoms with Gasteiger partial charge in [-0.15, -0.1) is 6.58 Å². The van der Waals surface area contributed by atoms with Crippen LogP contribution in [0, 0.1) is 5.82 Å². The van der Waals surface area contributed by atoms with E-state index in [9.17, 15) is 14.0 Å². The predicted octanol–water partition coefficient (Wildman–Crippen LogP) is 1.63. The van der Waals surface area contributed by atoms with Gasteiger partial charge >= 0.3 is 5.97 Å². The van der Waals surface area contributed by atoms with Gasteiger partial charge in [-0.1, -0.05) is 17.7 Å². The number of carboxylic acid groups (broad SMARTS) is 1. The average Bonchev–Trinajstić information content (AvgIpc) is 2.31. The third-order valence-corrected chi connectivity index (χ3v) is 2.36. The van der Waals surface area contributed by atoms with Gasteiger partial charge in [-0.3, -0.25) is 4.79 Å². The molecule has 5 nitrogen and oxygen atoms in total. The lowest BCUT2D eigenvalue weighted by molar-refractivity contribution is -0.139. The fourth-order valence-electron chi connectivity index (χ4n) is 1.21. The second-order valence-corrected chi connectivity index (χ2v) is 3.74. The highest BCUT2D eigenvalue weighted by molar-refractivity contribution is 6.32. The van der Waals surface area contributed by atoms with Crippen LogP contribution in [-0.2, 0) is 4.79 Å². The number of carbonyl (C=O) groups is 2. The smallest absolute Gasteiger partial charge is 0.326 e. The summed E-state index contributed by atoms with van der Waals surface area (Å²) < 4.78 is 12.9. The van der Waals surface area contributed by atoms with Crippen molar-refractivity contribution in [2.45, 2.75) is 12.5 Å². The van der Waals surface area contributed by atoms with Gasteiger partial charge in [0.15, 0.2) is 0 Å². The van der Waals surface area contributed by atoms with Crippen molar-refractivity contribution in [1.82, 2.24) is 10.3 Å². The number of rotatable bonds is 5. The maximum Gasteiger partial charge on any atom is 0.326 e. The van der Waals surface area contributed by atoms with E-state index in [-0.39, 0.29) is 17.1 Å². The molecule has 7 heteroatoms. The Balaban J connectivity index is 2.89. The molecule has 1 amide bonds. The molecule has 2 N–H and O–H groups in total. The Kier molecular flexibility index (Phi) is 4.79. The monoisotopic (exact) mass is 272 g/mol. The summed E-state index contributed by atoms with van der Waals surface area (Å²) in [6.07, 6.45) is 2.25. The molecular weight excluding hydrogens is 263 g/mol. The van der Waals surface area contributed by atoms with Gasteiger partial charge < -0.3 is 10.4 Å². The molecule has 0 spiro atoms. The maximum absolute atomic E-state index is 12.9. The van der Waals surface area contributed by atoms with Crippen LogP contribution in [-0.4, -0.2) is 28.0 Å². The third-order valence-electron chi connectivity index (χ3n) is 2.06. The summed E-state index contributed by atoms with van der Waals surface area (Å²) in [5, 5.41) is 10.8. The molecule has 1 atom stereocenters. The topological polar surface area (TPSA) is 79.3 Å². The van der Waals surface area contributed by atoms with Crippen LogP contribution in [0.2, 0.25) is 5.15 Å². The number of hydrogen-bond acceptors (Lipinski definition) is 3. The van der Waals surface area contributed by atoms with Crippen molar-refractivity contribution in [3.05, 3.63) is 41.5 Å². The predicted molar refractivity (Wildman–Crippen MR) is 62.9 cm³/mol. The van der Waals surface area contributed by atoms with Crippen molar-refractivity contribution in [3.63, 3.8) is 0 Å². The van der Waals surface area contributed by atoms with Gasteiger partial charge in [0.1, 0.15) is 17.0 Å². The van der Waals surface area contributed by atoms with Gasteiger partial charge in [-0.25, -0.2) is 14.2 Å². The highest BCUT2D eigenvalue weighted by Crippen LogP contribution is 2.14. The first kappa shape index (κ1) is 14.1. The van der Waals surface area contributed by atoms with E-state index in [0.717, 1.165) is 12.3 Å². The molecule has 0 bridgehead atoms. The molecule has 96 valence electrons. The number of aliphatic carboxylic acids is 1. The van der Waals surface area contributed by atoms with E-state index in [2.05, 4.69) is 16.9 Å². The van der Waals surface area contributed by atoms with Crippen LogP contribution in [0.1, 0.15) is 16.8 Å². The molecule has 18 heavy (non-hydrogen) atoms. The Hall–Kier alpha value is -1.95. The number of aromatic nitrogens is 1. The average molecular weight is 273 g/mol. The van der Waals surface area contributed by atoms with E-state index in [0.29, 0.717) is 0 Å². The molecule has 1 aromatic rings. The molecule has 1 aromatic heterocycles. The van der Waals surface area contributed by atoms with E-state index in [1.807, 2.05) is 0 Å². The van der Waals surface area contributed by atoms with Crippen molar-refractivity contribution in [2.75, 3.05) is 0 Å². The second-order valence-electron chi connectivity index (χ2n) is 3.38. The number of halogens is 2. The number of hydrogen-bond donors (Lipinski definition) is 2. The normalized spacial score (nSPS) is 11.7. The summed E-state index contributed by atoms with van der Waals surface area (Å²) >= 11 is 5.62. The minimum Gasteiger partial charge on any atom is -0.480 e. The Bertz CT molecular complexity index is 493. The maximum atomic E-state index is 12.9. The van der Waals surface area contributed by atoms with Crippen LogP contribution in [0.5, 0.6) is 0 Å². The lowest BCUT2D eigenvalue weighted by Gasteiger charge is -2.12. The van der Waals surface area contributed by atoms with Crippen LogP contribution in [0.15, 0.2) is 24.9 Å². The fourth-order valence-corrected chi connectivity index (χ4v) is 1.40. The van der Waals surface area contributed by atoms with E-state index in [1.165, 1.54) is 6.08 Å². The Labute approximate surface area is 107 Å². The van der Waals surface area contributed by atoms with E-state index in [4.69, 9.17) is 16.7 Å². The van der Waals surface area contributed by atoms with E-state index in [1.54, 1.807) is 0 Å². The first-order valence-corrected chi connectivity index (χ1v) is 5.29. The number of amides is 1. The molecule has 0 aliphatic carbocycles. The minimum absolute atomic E-state index is 0.0431. The summed E-state index contributed by atoms with van der Waals surface area (Å²) in [7, 11) is 0. The van der Waals surface area contributed by atoms with Gasteiger partial charge in [-0.05, 0) is 12.5 Å². The standard InChI is InChI=1S/C11H10ClFN2O3/c1-2-3-8(11(17)18)15-10(16)7-4-6(13)5-14-9(7)12/h2,4-5,8H,1,3H2,(H,15,16)(H,17,18). The highest BCUT2D eigenvalue weighted by Gasteiger charge is 2.21. The van der Waals surface area contributed by atoms with Crippen LogP contribution in [0.3, 0.4) is 0 Å². The summed E-state index contributed by atoms with van der Waals surface area (Å²) in [4.78, 5) is 26.0. The summed E-state index contributed by atoms with van der Waals surface area (Å²) in [5.74, 6) is -2.76. The summed E-state index contributed by atoms with van der Waals surface area (Å²) in [6, 6.07) is -0.258. The lowest BCUT2D eigenvalue weighted by atomic mass is 10.2. The van der Waals surface area contributed by atoms with Crippen molar-refractivity contribution in [2.24, 2.45) is 0 Å². The van der Waals surface area contributed by atoms with Crippen LogP contribution in [0.4, 0.5) is 4.39 Å². The van der Waals surface area contributed by atoms with Gasteiger partial charge in [0.05, 0.1) is 11.8 Å². The van der Waals surface area contributed by atoms with Crippen molar-refractivity contribution in [3.8, 4) is 0 Å². The molecular formula is C11H10ClFN2O3. The lowest BCUT2D eigenvalue weighted by Crippen LogP contribution is -2.40. The quantitative estimate of drug-likeness (QED) is 0.631. The zero-order valence-corrected chi connectivity index (χ0v) is 9.95. The molecule has 0 aromatic carbocycles. The van der Waals surface area contributed by atoms with E-state index < -0.39 is 23.7 Å². The molecule has 1 rings (SSSR count). The number of carbonyl (C=O) groups excluding carboxylic acids is 1. The fraction of sp³-hybridized carbons (Fsp3) is 0.182. The van der Waals surface area contributed by atoms with Crippen LogP contribution < -0.4 is 5.32 Å². The summed E-state index contributed by atoms with van der Waals surface area (Å²) in [6.45, 7) is 3.38. The Morgan fingerprint density at radius 1 is 1.67 bits per heavy atom. The largest absolute Gasteiger partial charge is 0.480 e. The first-order valence-electron chi connectivity index (χ1n) is 4.91. The molecule has 0 saturated heterocycles. The Morgan fingerprint density at radius 2 is 2.33 bits per heavy atom. The minimum atomic E-state index is -1.22. The molecule has 0 fully saturated rings. The number of carboxylic acids is 1. The molecule has 0 aliphatic rings. The zero-order valence-electron chi connectivity index (χ0n) is 9.19. The molecule has 0 saturated carbocycles. The summed E-state index contributed by atoms with van der Waals surface area (Å²) in [5.41, 5.74) is -0.216. The van der Waals surface area contributed by atoms with E-state index >= 15 is 0 Å². The van der Waals surface area contributed by atoms with Gasteiger partial charge in [-0.2, -0.15) is 0 Å². The van der Waals surface area contributed by atoms with Gasteiger partial charge in [0.2, 0.25) is 0 Å².